The number of rotatable bonds is 2. The third-order valence-electron chi connectivity index (χ3n) is 0.739. The van der Waals surface area contributed by atoms with E-state index in [4.69, 9.17) is 23.2 Å². The van der Waals surface area contributed by atoms with E-state index in [-0.39, 0.29) is 0 Å². The number of azo groups is 1. The SMILES string of the molecule is ClC(Cl)N=Nc1ccn[nH]1. The van der Waals surface area contributed by atoms with Gasteiger partial charge in [-0.05, 0) is 0 Å². The van der Waals surface area contributed by atoms with E-state index in [0.29, 0.717) is 5.82 Å². The van der Waals surface area contributed by atoms with Gasteiger partial charge in [-0.25, -0.2) is 0 Å². The second-order valence-corrected chi connectivity index (χ2v) is 2.49. The fraction of sp³-hybridized carbons (Fsp3) is 0.250. The van der Waals surface area contributed by atoms with Crippen LogP contribution in [0.2, 0.25) is 0 Å². The van der Waals surface area contributed by atoms with Gasteiger partial charge in [-0.1, -0.05) is 23.2 Å². The summed E-state index contributed by atoms with van der Waals surface area (Å²) < 4.78 is 0. The predicted molar refractivity (Wildman–Crippen MR) is 38.6 cm³/mol. The maximum absolute atomic E-state index is 5.27. The molecule has 4 nitrogen and oxygen atoms in total. The molecule has 0 atom stereocenters. The lowest BCUT2D eigenvalue weighted by Crippen LogP contribution is -1.73. The third-order valence-corrected chi connectivity index (χ3v) is 0.913. The molecule has 1 aromatic heterocycles. The van der Waals surface area contributed by atoms with Crippen LogP contribution in [0.15, 0.2) is 22.5 Å². The highest BCUT2D eigenvalue weighted by Crippen LogP contribution is 2.09. The fourth-order valence-corrected chi connectivity index (χ4v) is 0.497. The average molecular weight is 179 g/mol. The first kappa shape index (κ1) is 7.50. The zero-order valence-electron chi connectivity index (χ0n) is 4.83. The number of hydrogen-bond acceptors (Lipinski definition) is 3. The minimum Gasteiger partial charge on any atom is -0.260 e. The van der Waals surface area contributed by atoms with Gasteiger partial charge in [-0.2, -0.15) is 10.2 Å². The van der Waals surface area contributed by atoms with Gasteiger partial charge in [0, 0.05) is 6.07 Å². The number of aromatic nitrogens is 2. The molecule has 0 unspecified atom stereocenters. The van der Waals surface area contributed by atoms with Gasteiger partial charge in [0.2, 0.25) is 4.96 Å². The Morgan fingerprint density at radius 2 is 2.40 bits per heavy atom. The van der Waals surface area contributed by atoms with Crippen LogP contribution < -0.4 is 0 Å². The number of nitrogens with one attached hydrogen (secondary N) is 1. The van der Waals surface area contributed by atoms with Gasteiger partial charge in [-0.15, -0.1) is 5.11 Å². The quantitative estimate of drug-likeness (QED) is 0.422. The van der Waals surface area contributed by atoms with Gasteiger partial charge in [0.15, 0.2) is 5.82 Å². The Balaban J connectivity index is 2.55. The van der Waals surface area contributed by atoms with Gasteiger partial charge < -0.3 is 0 Å². The van der Waals surface area contributed by atoms with E-state index in [1.54, 1.807) is 12.3 Å². The van der Waals surface area contributed by atoms with Gasteiger partial charge in [0.25, 0.3) is 0 Å². The molecule has 0 saturated carbocycles. The molecule has 0 amide bonds. The number of alkyl halides is 2. The van der Waals surface area contributed by atoms with Crippen molar-refractivity contribution in [3.63, 3.8) is 0 Å². The molecule has 1 rings (SSSR count). The van der Waals surface area contributed by atoms with Crippen molar-refractivity contribution in [2.45, 2.75) is 4.96 Å². The van der Waals surface area contributed by atoms with Gasteiger partial charge in [-0.3, -0.25) is 5.10 Å². The van der Waals surface area contributed by atoms with E-state index in [0.717, 1.165) is 0 Å². The van der Waals surface area contributed by atoms with Crippen molar-refractivity contribution >= 4 is 29.0 Å². The fourth-order valence-electron chi connectivity index (χ4n) is 0.410. The Labute approximate surface area is 67.2 Å². The summed E-state index contributed by atoms with van der Waals surface area (Å²) in [6, 6.07) is 1.65. The summed E-state index contributed by atoms with van der Waals surface area (Å²) in [5.74, 6) is 0.534. The lowest BCUT2D eigenvalue weighted by molar-refractivity contribution is 1.01. The monoisotopic (exact) mass is 178 g/mol. The Bertz CT molecular complexity index is 205. The highest BCUT2D eigenvalue weighted by Gasteiger charge is 1.92. The molecule has 0 aliphatic carbocycles. The summed E-state index contributed by atoms with van der Waals surface area (Å²) in [6.07, 6.45) is 1.56. The molecule has 0 saturated heterocycles. The summed E-state index contributed by atoms with van der Waals surface area (Å²) in [6.45, 7) is 0. The Morgan fingerprint density at radius 1 is 1.60 bits per heavy atom. The largest absolute Gasteiger partial charge is 0.260 e. The first-order valence-electron chi connectivity index (χ1n) is 2.47. The van der Waals surface area contributed by atoms with Gasteiger partial charge in [0.05, 0.1) is 6.20 Å². The Kier molecular flexibility index (Phi) is 2.65. The van der Waals surface area contributed by atoms with E-state index in [2.05, 4.69) is 20.4 Å². The molecule has 10 heavy (non-hydrogen) atoms. The molecular formula is C4H4Cl2N4. The zero-order valence-corrected chi connectivity index (χ0v) is 6.34. The zero-order chi connectivity index (χ0) is 7.40. The molecule has 6 heteroatoms. The highest BCUT2D eigenvalue weighted by molar-refractivity contribution is 6.43. The maximum atomic E-state index is 5.27. The van der Waals surface area contributed by atoms with Crippen LogP contribution in [0, 0.1) is 0 Å². The van der Waals surface area contributed by atoms with Crippen molar-refractivity contribution in [3.8, 4) is 0 Å². The molecule has 0 radical (unpaired) electrons. The summed E-state index contributed by atoms with van der Waals surface area (Å²) in [5, 5.41) is 13.3. The molecule has 0 fully saturated rings. The normalized spacial score (nSPS) is 11.5. The molecule has 0 bridgehead atoms. The van der Waals surface area contributed by atoms with Crippen molar-refractivity contribution in [3.05, 3.63) is 12.3 Å². The standard InChI is InChI=1S/C4H4Cl2N4/c5-4(6)10-9-3-1-2-7-8-3/h1-2,4H,(H,7,8). The first-order valence-corrected chi connectivity index (χ1v) is 3.34. The van der Waals surface area contributed by atoms with Crippen LogP contribution in [-0.2, 0) is 0 Å². The van der Waals surface area contributed by atoms with Crippen LogP contribution in [-0.4, -0.2) is 15.2 Å². The molecule has 0 spiro atoms. The van der Waals surface area contributed by atoms with E-state index >= 15 is 0 Å². The molecular weight excluding hydrogens is 175 g/mol. The first-order chi connectivity index (χ1) is 4.79. The average Bonchev–Trinajstić information content (AvgIpc) is 2.34. The van der Waals surface area contributed by atoms with E-state index < -0.39 is 4.96 Å². The van der Waals surface area contributed by atoms with Crippen LogP contribution in [0.1, 0.15) is 0 Å². The van der Waals surface area contributed by atoms with Crippen LogP contribution in [0.3, 0.4) is 0 Å². The topological polar surface area (TPSA) is 53.4 Å². The van der Waals surface area contributed by atoms with E-state index in [9.17, 15) is 0 Å². The molecule has 1 N–H and O–H groups in total. The van der Waals surface area contributed by atoms with E-state index in [1.807, 2.05) is 0 Å². The number of halogens is 2. The van der Waals surface area contributed by atoms with Crippen LogP contribution in [0.5, 0.6) is 0 Å². The minimum atomic E-state index is -0.816. The van der Waals surface area contributed by atoms with E-state index in [1.165, 1.54) is 0 Å². The molecule has 1 heterocycles. The molecule has 0 aliphatic heterocycles. The Morgan fingerprint density at radius 3 is 2.90 bits per heavy atom. The van der Waals surface area contributed by atoms with Crippen molar-refractivity contribution in [2.75, 3.05) is 0 Å². The maximum Gasteiger partial charge on any atom is 0.217 e. The summed E-state index contributed by atoms with van der Waals surface area (Å²) >= 11 is 10.5. The Hall–Kier alpha value is -0.610. The smallest absolute Gasteiger partial charge is 0.217 e. The number of H-pyrrole nitrogens is 1. The van der Waals surface area contributed by atoms with Crippen molar-refractivity contribution in [1.82, 2.24) is 10.2 Å². The predicted octanol–water partition coefficient (Wildman–Crippen LogP) is 2.25. The van der Waals surface area contributed by atoms with Gasteiger partial charge in [0.1, 0.15) is 0 Å². The number of hydrogen-bond donors (Lipinski definition) is 1. The molecule has 0 aromatic carbocycles. The third kappa shape index (κ3) is 2.33. The van der Waals surface area contributed by atoms with Gasteiger partial charge >= 0.3 is 0 Å². The van der Waals surface area contributed by atoms with Crippen molar-refractivity contribution < 1.29 is 0 Å². The van der Waals surface area contributed by atoms with Crippen LogP contribution >= 0.6 is 23.2 Å². The lowest BCUT2D eigenvalue weighted by atomic mass is 10.7. The second-order valence-electron chi connectivity index (χ2n) is 1.44. The highest BCUT2D eigenvalue weighted by atomic mass is 35.5. The number of aromatic amines is 1. The van der Waals surface area contributed by atoms with Crippen molar-refractivity contribution in [1.29, 1.82) is 0 Å². The van der Waals surface area contributed by atoms with Crippen LogP contribution in [0.4, 0.5) is 5.82 Å². The van der Waals surface area contributed by atoms with Crippen LogP contribution in [0.25, 0.3) is 0 Å². The summed E-state index contributed by atoms with van der Waals surface area (Å²) in [5.41, 5.74) is 0. The van der Waals surface area contributed by atoms with Crippen molar-refractivity contribution in [2.24, 2.45) is 10.2 Å². The molecule has 54 valence electrons. The summed E-state index contributed by atoms with van der Waals surface area (Å²) in [7, 11) is 0. The number of nitrogens with zero attached hydrogens (tertiary/aromatic N) is 3. The summed E-state index contributed by atoms with van der Waals surface area (Å²) in [4.78, 5) is -0.816. The molecule has 0 aliphatic rings. The lowest BCUT2D eigenvalue weighted by Gasteiger charge is -1.85. The minimum absolute atomic E-state index is 0.534. The second kappa shape index (κ2) is 3.53. The molecule has 1 aromatic rings.